The van der Waals surface area contributed by atoms with Crippen molar-refractivity contribution in [2.75, 3.05) is 0 Å². The first kappa shape index (κ1) is 26.9. The van der Waals surface area contributed by atoms with E-state index in [9.17, 15) is 0 Å². The summed E-state index contributed by atoms with van der Waals surface area (Å²) in [6.45, 7) is 2.29. The first-order chi connectivity index (χ1) is 13.2. The van der Waals surface area contributed by atoms with Crippen LogP contribution in [0.25, 0.3) is 0 Å². The van der Waals surface area contributed by atoms with E-state index in [1.165, 1.54) is 122 Å². The molecule has 0 aliphatic heterocycles. The minimum absolute atomic E-state index is 0.472. The number of rotatable bonds is 22. The second-order valence-corrected chi connectivity index (χ2v) is 8.58. The van der Waals surface area contributed by atoms with Gasteiger partial charge in [0.1, 0.15) is 0 Å². The van der Waals surface area contributed by atoms with Crippen LogP contribution in [0.2, 0.25) is 0 Å². The van der Waals surface area contributed by atoms with Gasteiger partial charge in [-0.3, -0.25) is 0 Å². The Labute approximate surface area is 170 Å². The maximum Gasteiger partial charge on any atom is 0.166 e. The van der Waals surface area contributed by atoms with E-state index in [4.69, 9.17) is 15.9 Å². The van der Waals surface area contributed by atoms with Gasteiger partial charge in [0.25, 0.3) is 0 Å². The van der Waals surface area contributed by atoms with Crippen molar-refractivity contribution in [2.45, 2.75) is 154 Å². The van der Waals surface area contributed by atoms with Crippen LogP contribution in [0.15, 0.2) is 0 Å². The Balaban J connectivity index is 3.03. The fourth-order valence-corrected chi connectivity index (χ4v) is 3.78. The molecule has 0 aromatic heterocycles. The zero-order chi connectivity index (χ0) is 20.0. The second-order valence-electron chi connectivity index (χ2n) is 8.58. The van der Waals surface area contributed by atoms with Crippen LogP contribution in [0.1, 0.15) is 142 Å². The summed E-state index contributed by atoms with van der Waals surface area (Å²) >= 11 is 0. The van der Waals surface area contributed by atoms with Gasteiger partial charge in [0, 0.05) is 0 Å². The molecule has 0 bridgehead atoms. The molecule has 3 heteroatoms. The lowest BCUT2D eigenvalue weighted by molar-refractivity contribution is -0.0599. The highest BCUT2D eigenvalue weighted by Gasteiger charge is 2.09. The molecule has 0 rings (SSSR count). The average molecular weight is 386 g/mol. The molecule has 0 radical (unpaired) electrons. The quantitative estimate of drug-likeness (QED) is 0.141. The highest BCUT2D eigenvalue weighted by Crippen LogP contribution is 2.15. The fraction of sp³-hybridized carbons (Fsp3) is 1.00. The molecule has 0 saturated heterocycles. The predicted molar refractivity (Wildman–Crippen MR) is 119 cm³/mol. The topological polar surface area (TPSA) is 66.5 Å². The van der Waals surface area contributed by atoms with Crippen LogP contribution >= 0.6 is 0 Å². The van der Waals surface area contributed by atoms with Crippen molar-refractivity contribution in [3.8, 4) is 0 Å². The van der Waals surface area contributed by atoms with E-state index in [1.807, 2.05) is 0 Å². The van der Waals surface area contributed by atoms with E-state index >= 15 is 0 Å². The van der Waals surface area contributed by atoms with Crippen LogP contribution in [0.4, 0.5) is 0 Å². The van der Waals surface area contributed by atoms with Crippen LogP contribution in [0.3, 0.4) is 0 Å². The Morgan fingerprint density at radius 2 is 0.741 bits per heavy atom. The van der Waals surface area contributed by atoms with Crippen LogP contribution in [-0.2, 0) is 0 Å². The third kappa shape index (κ3) is 22.0. The summed E-state index contributed by atoms with van der Waals surface area (Å²) < 4.78 is 0. The summed E-state index contributed by atoms with van der Waals surface area (Å²) in [7, 11) is 0. The molecule has 1 atom stereocenters. The molecule has 4 N–H and O–H groups in total. The maximum atomic E-state index is 8.91. The van der Waals surface area contributed by atoms with Gasteiger partial charge in [-0.1, -0.05) is 135 Å². The molecular formula is C24H51NO2. The summed E-state index contributed by atoms with van der Waals surface area (Å²) in [6, 6.07) is -0.472. The van der Waals surface area contributed by atoms with Crippen LogP contribution in [-0.4, -0.2) is 22.5 Å². The van der Waals surface area contributed by atoms with Crippen molar-refractivity contribution >= 4 is 0 Å². The number of aliphatic hydroxyl groups is 2. The number of hydrogen-bond donors (Lipinski definition) is 3. The van der Waals surface area contributed by atoms with Gasteiger partial charge in [0.15, 0.2) is 6.29 Å². The Hall–Kier alpha value is -0.120. The summed E-state index contributed by atoms with van der Waals surface area (Å²) in [5, 5.41) is 17.8. The Morgan fingerprint density at radius 1 is 0.481 bits per heavy atom. The van der Waals surface area contributed by atoms with Crippen LogP contribution in [0.5, 0.6) is 0 Å². The predicted octanol–water partition coefficient (Wildman–Crippen LogP) is 6.84. The van der Waals surface area contributed by atoms with E-state index in [1.54, 1.807) is 0 Å². The molecule has 0 spiro atoms. The monoisotopic (exact) mass is 385 g/mol. The van der Waals surface area contributed by atoms with Gasteiger partial charge in [0.05, 0.1) is 6.04 Å². The highest BCUT2D eigenvalue weighted by molar-refractivity contribution is 4.62. The number of nitrogens with two attached hydrogens (primary N) is 1. The van der Waals surface area contributed by atoms with Gasteiger partial charge in [0.2, 0.25) is 0 Å². The van der Waals surface area contributed by atoms with Crippen LogP contribution in [0, 0.1) is 0 Å². The van der Waals surface area contributed by atoms with E-state index in [-0.39, 0.29) is 0 Å². The molecule has 0 heterocycles. The van der Waals surface area contributed by atoms with Crippen molar-refractivity contribution in [1.82, 2.24) is 0 Å². The largest absolute Gasteiger partial charge is 0.367 e. The van der Waals surface area contributed by atoms with E-state index in [0.29, 0.717) is 0 Å². The minimum Gasteiger partial charge on any atom is -0.367 e. The van der Waals surface area contributed by atoms with Crippen molar-refractivity contribution in [1.29, 1.82) is 0 Å². The number of aliphatic hydroxyl groups excluding tert-OH is 1. The van der Waals surface area contributed by atoms with Crippen LogP contribution < -0.4 is 5.73 Å². The van der Waals surface area contributed by atoms with E-state index in [2.05, 4.69) is 6.92 Å². The molecule has 0 fully saturated rings. The summed E-state index contributed by atoms with van der Waals surface area (Å²) in [5.41, 5.74) is 5.60. The summed E-state index contributed by atoms with van der Waals surface area (Å²) in [4.78, 5) is 0. The zero-order valence-corrected chi connectivity index (χ0v) is 18.5. The lowest BCUT2D eigenvalue weighted by atomic mass is 10.0. The first-order valence-corrected chi connectivity index (χ1v) is 12.3. The Morgan fingerprint density at radius 3 is 1.00 bits per heavy atom. The van der Waals surface area contributed by atoms with Gasteiger partial charge in [-0.15, -0.1) is 0 Å². The molecule has 0 amide bonds. The normalized spacial score (nSPS) is 12.8. The summed E-state index contributed by atoms with van der Waals surface area (Å²) in [6.07, 6.45) is 26.9. The van der Waals surface area contributed by atoms with Gasteiger partial charge in [-0.05, 0) is 6.42 Å². The van der Waals surface area contributed by atoms with Gasteiger partial charge >= 0.3 is 0 Å². The number of hydrogen-bond acceptors (Lipinski definition) is 3. The van der Waals surface area contributed by atoms with Crippen molar-refractivity contribution in [3.63, 3.8) is 0 Å². The zero-order valence-electron chi connectivity index (χ0n) is 18.5. The molecule has 0 aromatic rings. The van der Waals surface area contributed by atoms with Crippen molar-refractivity contribution in [2.24, 2.45) is 5.73 Å². The molecule has 27 heavy (non-hydrogen) atoms. The molecule has 0 aliphatic rings. The second kappa shape index (κ2) is 22.2. The maximum absolute atomic E-state index is 8.91. The highest BCUT2D eigenvalue weighted by atomic mass is 16.5. The molecule has 1 unspecified atom stereocenters. The third-order valence-electron chi connectivity index (χ3n) is 5.77. The van der Waals surface area contributed by atoms with E-state index < -0.39 is 12.3 Å². The standard InChI is InChI=1S/C24H51NO2/c1-2-3-4-5-6-7-8-9-10-11-12-13-14-15-16-17-18-19-20-21-22-23(25)24(26)27/h23-24,26-27H,2-22,25H2,1H3. The minimum atomic E-state index is -1.36. The smallest absolute Gasteiger partial charge is 0.166 e. The van der Waals surface area contributed by atoms with E-state index in [0.717, 1.165) is 12.8 Å². The van der Waals surface area contributed by atoms with Gasteiger partial charge in [-0.25, -0.2) is 0 Å². The molecule has 0 aliphatic carbocycles. The SMILES string of the molecule is CCCCCCCCCCCCCCCCCCCCCCC(N)C(O)O. The number of unbranched alkanes of at least 4 members (excludes halogenated alkanes) is 19. The molecule has 164 valence electrons. The van der Waals surface area contributed by atoms with Gasteiger partial charge < -0.3 is 15.9 Å². The molecule has 0 saturated carbocycles. The molecule has 3 nitrogen and oxygen atoms in total. The van der Waals surface area contributed by atoms with Gasteiger partial charge in [-0.2, -0.15) is 0 Å². The van der Waals surface area contributed by atoms with Crippen molar-refractivity contribution in [3.05, 3.63) is 0 Å². The molecule has 0 aromatic carbocycles. The Bertz CT molecular complexity index is 271. The first-order valence-electron chi connectivity index (χ1n) is 12.3. The summed E-state index contributed by atoms with van der Waals surface area (Å²) in [5.74, 6) is 0. The lowest BCUT2D eigenvalue weighted by Gasteiger charge is -2.12. The Kier molecular flexibility index (Phi) is 22.1. The lowest BCUT2D eigenvalue weighted by Crippen LogP contribution is -2.34. The van der Waals surface area contributed by atoms with Crippen molar-refractivity contribution < 1.29 is 10.2 Å². The average Bonchev–Trinajstić information content (AvgIpc) is 2.66. The molecular weight excluding hydrogens is 334 g/mol. The fourth-order valence-electron chi connectivity index (χ4n) is 3.78. The third-order valence-corrected chi connectivity index (χ3v) is 5.77.